The maximum atomic E-state index is 6.31. The Morgan fingerprint density at radius 2 is 1.73 bits per heavy atom. The van der Waals surface area contributed by atoms with E-state index in [2.05, 4.69) is 41.4 Å². The Hall–Kier alpha value is -3.59. The molecular formula is C23H13NO2. The largest absolute Gasteiger partial charge is 0.464 e. The summed E-state index contributed by atoms with van der Waals surface area (Å²) in [6.07, 6.45) is 5.53. The standard InChI is InChI=1S/C23H13NO2/c1-2-11-24-18(9-1)15-6-4-8-17-22-16-7-3-5-14-10-12-25-19(21(14)16)13-20(22)26-23(15)17/h1-13H. The number of pyridine rings is 1. The number of para-hydroxylation sites is 1. The van der Waals surface area contributed by atoms with Crippen LogP contribution in [0.2, 0.25) is 0 Å². The van der Waals surface area contributed by atoms with Gasteiger partial charge in [0.15, 0.2) is 0 Å². The van der Waals surface area contributed by atoms with Crippen molar-refractivity contribution in [1.29, 1.82) is 0 Å². The van der Waals surface area contributed by atoms with Crippen LogP contribution >= 0.6 is 0 Å². The van der Waals surface area contributed by atoms with Crippen LogP contribution < -0.4 is 4.74 Å². The molecule has 26 heavy (non-hydrogen) atoms. The number of ether oxygens (including phenoxy) is 1. The minimum atomic E-state index is 0.832. The van der Waals surface area contributed by atoms with Crippen LogP contribution in [0.1, 0.15) is 5.56 Å². The predicted octanol–water partition coefficient (Wildman–Crippen LogP) is 6.16. The quantitative estimate of drug-likeness (QED) is 0.368. The molecule has 3 nitrogen and oxygen atoms in total. The molecule has 1 aliphatic heterocycles. The first kappa shape index (κ1) is 13.7. The molecule has 0 saturated carbocycles. The van der Waals surface area contributed by atoms with E-state index in [1.165, 1.54) is 5.56 Å². The molecule has 0 aliphatic carbocycles. The molecule has 2 aromatic heterocycles. The highest BCUT2D eigenvalue weighted by Crippen LogP contribution is 2.44. The number of furan rings is 1. The molecule has 0 bridgehead atoms. The molecule has 0 N–H and O–H groups in total. The minimum Gasteiger partial charge on any atom is -0.464 e. The molecule has 0 atom stereocenters. The van der Waals surface area contributed by atoms with Crippen LogP contribution in [-0.4, -0.2) is 4.98 Å². The van der Waals surface area contributed by atoms with Crippen molar-refractivity contribution in [1.82, 2.24) is 4.98 Å². The number of nitrogens with zero attached hydrogens (tertiary/aromatic N) is 1. The van der Waals surface area contributed by atoms with Crippen LogP contribution in [0, 0.1) is 0 Å². The summed E-state index contributed by atoms with van der Waals surface area (Å²) in [6.45, 7) is 0. The molecule has 0 saturated heterocycles. The number of rotatable bonds is 1. The average Bonchev–Trinajstić information content (AvgIpc) is 3.07. The molecule has 3 heterocycles. The van der Waals surface area contributed by atoms with Gasteiger partial charge in [0, 0.05) is 34.0 Å². The molecule has 0 radical (unpaired) electrons. The number of aromatic nitrogens is 1. The fourth-order valence-electron chi connectivity index (χ4n) is 3.90. The minimum absolute atomic E-state index is 0.832. The summed E-state index contributed by atoms with van der Waals surface area (Å²) in [5.41, 5.74) is 4.76. The average molecular weight is 335 g/mol. The summed E-state index contributed by atoms with van der Waals surface area (Å²) >= 11 is 0. The van der Waals surface area contributed by atoms with E-state index in [1.54, 1.807) is 12.5 Å². The Bertz CT molecular complexity index is 1350. The fourth-order valence-corrected chi connectivity index (χ4v) is 3.90. The summed E-state index contributed by atoms with van der Waals surface area (Å²) in [7, 11) is 0. The number of hydrogen-bond acceptors (Lipinski definition) is 3. The van der Waals surface area contributed by atoms with Crippen molar-refractivity contribution in [3.63, 3.8) is 0 Å². The van der Waals surface area contributed by atoms with Gasteiger partial charge >= 0.3 is 0 Å². The summed E-state index contributed by atoms with van der Waals surface area (Å²) in [6, 6.07) is 20.5. The van der Waals surface area contributed by atoms with Crippen molar-refractivity contribution in [3.8, 4) is 17.0 Å². The highest BCUT2D eigenvalue weighted by Gasteiger charge is 2.19. The molecular weight excluding hydrogens is 322 g/mol. The van der Waals surface area contributed by atoms with Crippen molar-refractivity contribution < 1.29 is 9.15 Å². The first-order valence-corrected chi connectivity index (χ1v) is 8.56. The van der Waals surface area contributed by atoms with Gasteiger partial charge < -0.3 is 9.15 Å². The Morgan fingerprint density at radius 1 is 0.808 bits per heavy atom. The SMILES string of the molecule is C1=Cc2cccc3c2c(cc2oc4c(-c5ccccn5)cccc4c23)O1. The Morgan fingerprint density at radius 3 is 2.65 bits per heavy atom. The molecule has 0 fully saturated rings. The van der Waals surface area contributed by atoms with Gasteiger partial charge in [0.1, 0.15) is 16.9 Å². The van der Waals surface area contributed by atoms with E-state index in [9.17, 15) is 0 Å². The molecule has 5 aromatic rings. The van der Waals surface area contributed by atoms with E-state index in [0.29, 0.717) is 0 Å². The Labute approximate surface area is 149 Å². The van der Waals surface area contributed by atoms with Crippen LogP contribution in [0.25, 0.3) is 50.0 Å². The molecule has 0 amide bonds. The predicted molar refractivity (Wildman–Crippen MR) is 104 cm³/mol. The molecule has 0 unspecified atom stereocenters. The monoisotopic (exact) mass is 335 g/mol. The number of hydrogen-bond donors (Lipinski definition) is 0. The zero-order valence-electron chi connectivity index (χ0n) is 13.8. The summed E-state index contributed by atoms with van der Waals surface area (Å²) in [4.78, 5) is 4.49. The number of benzene rings is 3. The van der Waals surface area contributed by atoms with E-state index >= 15 is 0 Å². The van der Waals surface area contributed by atoms with Crippen molar-refractivity contribution in [2.24, 2.45) is 0 Å². The first-order chi connectivity index (χ1) is 12.9. The topological polar surface area (TPSA) is 35.3 Å². The van der Waals surface area contributed by atoms with Gasteiger partial charge in [-0.15, -0.1) is 0 Å². The lowest BCUT2D eigenvalue weighted by molar-refractivity contribution is 0.487. The van der Waals surface area contributed by atoms with Crippen molar-refractivity contribution in [2.45, 2.75) is 0 Å². The van der Waals surface area contributed by atoms with E-state index in [-0.39, 0.29) is 0 Å². The zero-order chi connectivity index (χ0) is 17.1. The maximum absolute atomic E-state index is 6.31. The van der Waals surface area contributed by atoms with Gasteiger partial charge in [-0.2, -0.15) is 0 Å². The lowest BCUT2D eigenvalue weighted by Crippen LogP contribution is -1.92. The number of fused-ring (bicyclic) bond motifs is 4. The zero-order valence-corrected chi connectivity index (χ0v) is 13.8. The highest BCUT2D eigenvalue weighted by atomic mass is 16.5. The van der Waals surface area contributed by atoms with Crippen LogP contribution in [-0.2, 0) is 0 Å². The molecule has 122 valence electrons. The van der Waals surface area contributed by atoms with E-state index in [0.717, 1.165) is 49.7 Å². The van der Waals surface area contributed by atoms with E-state index in [4.69, 9.17) is 9.15 Å². The highest BCUT2D eigenvalue weighted by molar-refractivity contribution is 6.23. The third kappa shape index (κ3) is 1.74. The smallest absolute Gasteiger partial charge is 0.144 e. The first-order valence-electron chi connectivity index (χ1n) is 8.56. The van der Waals surface area contributed by atoms with Gasteiger partial charge in [0.2, 0.25) is 0 Å². The van der Waals surface area contributed by atoms with Crippen molar-refractivity contribution in [2.75, 3.05) is 0 Å². The summed E-state index contributed by atoms with van der Waals surface area (Å²) in [5.74, 6) is 0.837. The normalized spacial score (nSPS) is 12.8. The van der Waals surface area contributed by atoms with Crippen molar-refractivity contribution in [3.05, 3.63) is 78.7 Å². The second-order valence-corrected chi connectivity index (χ2v) is 6.44. The van der Waals surface area contributed by atoms with Crippen LogP contribution in [0.5, 0.6) is 5.75 Å². The van der Waals surface area contributed by atoms with Crippen molar-refractivity contribution >= 4 is 38.8 Å². The molecule has 3 heteroatoms. The molecule has 0 spiro atoms. The van der Waals surface area contributed by atoms with Gasteiger partial charge in [0.25, 0.3) is 0 Å². The van der Waals surface area contributed by atoms with E-state index in [1.807, 2.05) is 30.3 Å². The summed E-state index contributed by atoms with van der Waals surface area (Å²) < 4.78 is 12.1. The van der Waals surface area contributed by atoms with Crippen LogP contribution in [0.15, 0.2) is 77.5 Å². The second-order valence-electron chi connectivity index (χ2n) is 6.44. The Kier molecular flexibility index (Phi) is 2.61. The van der Waals surface area contributed by atoms with Gasteiger partial charge in [-0.3, -0.25) is 4.98 Å². The van der Waals surface area contributed by atoms with Crippen LogP contribution in [0.4, 0.5) is 0 Å². The Balaban J connectivity index is 1.81. The third-order valence-electron chi connectivity index (χ3n) is 5.00. The lowest BCUT2D eigenvalue weighted by atomic mass is 9.97. The molecule has 1 aliphatic rings. The third-order valence-corrected chi connectivity index (χ3v) is 5.00. The van der Waals surface area contributed by atoms with Gasteiger partial charge in [-0.25, -0.2) is 0 Å². The molecule has 6 rings (SSSR count). The fraction of sp³-hybridized carbons (Fsp3) is 0. The van der Waals surface area contributed by atoms with E-state index < -0.39 is 0 Å². The van der Waals surface area contributed by atoms with Crippen LogP contribution in [0.3, 0.4) is 0 Å². The lowest BCUT2D eigenvalue weighted by Gasteiger charge is -2.13. The maximum Gasteiger partial charge on any atom is 0.144 e. The van der Waals surface area contributed by atoms with Gasteiger partial charge in [0.05, 0.1) is 12.0 Å². The summed E-state index contributed by atoms with van der Waals surface area (Å²) in [5, 5.41) is 4.50. The second kappa shape index (κ2) is 4.96. The molecule has 3 aromatic carbocycles. The van der Waals surface area contributed by atoms with Gasteiger partial charge in [-0.05, 0) is 35.2 Å². The van der Waals surface area contributed by atoms with Gasteiger partial charge in [-0.1, -0.05) is 36.4 Å².